The summed E-state index contributed by atoms with van der Waals surface area (Å²) in [4.78, 5) is 12.5. The van der Waals surface area contributed by atoms with E-state index in [0.29, 0.717) is 13.1 Å². The number of carbonyl (C=O) groups excluding carboxylic acids is 1. The predicted molar refractivity (Wildman–Crippen MR) is 87.7 cm³/mol. The van der Waals surface area contributed by atoms with Crippen molar-refractivity contribution in [1.82, 2.24) is 10.6 Å². The Labute approximate surface area is 139 Å². The number of hydrogen-bond donors (Lipinski definition) is 3. The summed E-state index contributed by atoms with van der Waals surface area (Å²) >= 11 is 3.42. The summed E-state index contributed by atoms with van der Waals surface area (Å²) < 4.78 is 1.03. The van der Waals surface area contributed by atoms with Gasteiger partial charge in [-0.2, -0.15) is 0 Å². The van der Waals surface area contributed by atoms with Gasteiger partial charge in [0.1, 0.15) is 0 Å². The zero-order valence-corrected chi connectivity index (χ0v) is 14.0. The molecule has 21 heavy (non-hydrogen) atoms. The summed E-state index contributed by atoms with van der Waals surface area (Å²) in [5.74, 6) is 0.221. The molecule has 1 aromatic carbocycles. The minimum Gasteiger partial charge on any atom is -0.391 e. The monoisotopic (exact) mass is 374 g/mol. The van der Waals surface area contributed by atoms with Crippen molar-refractivity contribution in [3.63, 3.8) is 0 Å². The van der Waals surface area contributed by atoms with Crippen LogP contribution in [0, 0.1) is 5.92 Å². The third-order valence-electron chi connectivity index (χ3n) is 4.41. The summed E-state index contributed by atoms with van der Waals surface area (Å²) in [6, 6.07) is 7.99. The topological polar surface area (TPSA) is 61.4 Å². The molecule has 2 aliphatic rings. The van der Waals surface area contributed by atoms with E-state index >= 15 is 0 Å². The standard InChI is InChI=1S/C15H19BrN2O2.ClH/c16-12-3-1-11(2-4-12)15(5-6-15)14(20)18-8-10-7-17-9-13(10)19;/h1-4,10,13,17,19H,5-9H2,(H,18,20);1H. The fourth-order valence-corrected chi connectivity index (χ4v) is 3.13. The second-order valence-corrected chi connectivity index (χ2v) is 6.70. The number of hydrogen-bond acceptors (Lipinski definition) is 3. The Hall–Kier alpha value is -0.620. The average Bonchev–Trinajstić information content (AvgIpc) is 3.15. The largest absolute Gasteiger partial charge is 0.391 e. The summed E-state index contributed by atoms with van der Waals surface area (Å²) in [6.45, 7) is 1.94. The lowest BCUT2D eigenvalue weighted by Crippen LogP contribution is -2.40. The number of rotatable bonds is 4. The van der Waals surface area contributed by atoms with E-state index < -0.39 is 0 Å². The molecule has 4 nitrogen and oxygen atoms in total. The van der Waals surface area contributed by atoms with Gasteiger partial charge in [-0.15, -0.1) is 12.4 Å². The van der Waals surface area contributed by atoms with Crippen LogP contribution in [0.2, 0.25) is 0 Å². The van der Waals surface area contributed by atoms with Crippen LogP contribution in [0.15, 0.2) is 28.7 Å². The fraction of sp³-hybridized carbons (Fsp3) is 0.533. The lowest BCUT2D eigenvalue weighted by Gasteiger charge is -2.19. The van der Waals surface area contributed by atoms with Crippen LogP contribution in [0.25, 0.3) is 0 Å². The second-order valence-electron chi connectivity index (χ2n) is 5.78. The van der Waals surface area contributed by atoms with Crippen LogP contribution in [-0.4, -0.2) is 36.8 Å². The quantitative estimate of drug-likeness (QED) is 0.749. The summed E-state index contributed by atoms with van der Waals surface area (Å²) in [5, 5.41) is 15.9. The van der Waals surface area contributed by atoms with Crippen molar-refractivity contribution in [3.05, 3.63) is 34.3 Å². The molecule has 1 aliphatic carbocycles. The normalized spacial score (nSPS) is 26.0. The Morgan fingerprint density at radius 1 is 1.33 bits per heavy atom. The van der Waals surface area contributed by atoms with Crippen LogP contribution in [0.4, 0.5) is 0 Å². The second kappa shape index (κ2) is 6.65. The Balaban J connectivity index is 0.00000161. The zero-order valence-electron chi connectivity index (χ0n) is 11.6. The molecule has 2 atom stereocenters. The van der Waals surface area contributed by atoms with Crippen LogP contribution in [0.1, 0.15) is 18.4 Å². The van der Waals surface area contributed by atoms with Crippen molar-refractivity contribution in [2.45, 2.75) is 24.4 Å². The van der Waals surface area contributed by atoms with Gasteiger partial charge < -0.3 is 15.7 Å². The highest BCUT2D eigenvalue weighted by molar-refractivity contribution is 9.10. The molecule has 2 fully saturated rings. The van der Waals surface area contributed by atoms with Crippen molar-refractivity contribution in [1.29, 1.82) is 0 Å². The zero-order chi connectivity index (χ0) is 14.2. The SMILES string of the molecule is Cl.O=C(NCC1CNCC1O)C1(c2ccc(Br)cc2)CC1. The number of carbonyl (C=O) groups is 1. The smallest absolute Gasteiger partial charge is 0.230 e. The Morgan fingerprint density at radius 2 is 2.00 bits per heavy atom. The lowest BCUT2D eigenvalue weighted by atomic mass is 9.94. The number of amides is 1. The molecule has 116 valence electrons. The maximum Gasteiger partial charge on any atom is 0.230 e. The molecule has 6 heteroatoms. The summed E-state index contributed by atoms with van der Waals surface area (Å²) in [7, 11) is 0. The molecule has 3 rings (SSSR count). The average molecular weight is 376 g/mol. The van der Waals surface area contributed by atoms with Gasteiger partial charge in [-0.25, -0.2) is 0 Å². The number of aliphatic hydroxyl groups excluding tert-OH is 1. The van der Waals surface area contributed by atoms with Crippen LogP contribution >= 0.6 is 28.3 Å². The molecule has 1 saturated heterocycles. The molecule has 1 aromatic rings. The molecular formula is C15H20BrClN2O2. The van der Waals surface area contributed by atoms with E-state index in [4.69, 9.17) is 0 Å². The molecule has 1 heterocycles. The predicted octanol–water partition coefficient (Wildman–Crippen LogP) is 1.60. The maximum absolute atomic E-state index is 12.5. The van der Waals surface area contributed by atoms with E-state index in [0.717, 1.165) is 29.4 Å². The van der Waals surface area contributed by atoms with E-state index in [1.165, 1.54) is 0 Å². The molecule has 2 unspecified atom stereocenters. The highest BCUT2D eigenvalue weighted by atomic mass is 79.9. The summed E-state index contributed by atoms with van der Waals surface area (Å²) in [6.07, 6.45) is 1.47. The van der Waals surface area contributed by atoms with Gasteiger partial charge in [0.25, 0.3) is 0 Å². The first-order valence-corrected chi connectivity index (χ1v) is 7.84. The molecule has 1 saturated carbocycles. The molecule has 0 aromatic heterocycles. The molecule has 0 radical (unpaired) electrons. The van der Waals surface area contributed by atoms with Gasteiger partial charge in [0.05, 0.1) is 11.5 Å². The molecule has 1 aliphatic heterocycles. The molecule has 0 spiro atoms. The molecule has 3 N–H and O–H groups in total. The van der Waals surface area contributed by atoms with Gasteiger partial charge in [0, 0.05) is 30.0 Å². The highest BCUT2D eigenvalue weighted by Crippen LogP contribution is 2.48. The van der Waals surface area contributed by atoms with Crippen LogP contribution < -0.4 is 10.6 Å². The van der Waals surface area contributed by atoms with Crippen molar-refractivity contribution >= 4 is 34.2 Å². The van der Waals surface area contributed by atoms with Gasteiger partial charge in [0.2, 0.25) is 5.91 Å². The van der Waals surface area contributed by atoms with Crippen molar-refractivity contribution in [3.8, 4) is 0 Å². The first-order chi connectivity index (χ1) is 9.62. The van der Waals surface area contributed by atoms with Gasteiger partial charge in [-0.3, -0.25) is 4.79 Å². The van der Waals surface area contributed by atoms with E-state index in [1.54, 1.807) is 0 Å². The highest BCUT2D eigenvalue weighted by Gasteiger charge is 2.51. The number of nitrogens with one attached hydrogen (secondary N) is 2. The number of aliphatic hydroxyl groups is 1. The van der Waals surface area contributed by atoms with Crippen molar-refractivity contribution in [2.24, 2.45) is 5.92 Å². The number of halogens is 2. The van der Waals surface area contributed by atoms with Gasteiger partial charge in [0.15, 0.2) is 0 Å². The van der Waals surface area contributed by atoms with Crippen LogP contribution in [-0.2, 0) is 10.2 Å². The van der Waals surface area contributed by atoms with Crippen molar-refractivity contribution in [2.75, 3.05) is 19.6 Å². The minimum absolute atomic E-state index is 0. The van der Waals surface area contributed by atoms with E-state index in [9.17, 15) is 9.90 Å². The van der Waals surface area contributed by atoms with E-state index in [1.807, 2.05) is 24.3 Å². The van der Waals surface area contributed by atoms with Crippen LogP contribution in [0.3, 0.4) is 0 Å². The van der Waals surface area contributed by atoms with Crippen LogP contribution in [0.5, 0.6) is 0 Å². The number of β-amino-alcohol motifs (C(OH)–C–C–N with tert-alkyl or cyclic N) is 1. The minimum atomic E-state index is -0.349. The third kappa shape index (κ3) is 3.42. The third-order valence-corrected chi connectivity index (χ3v) is 4.94. The fourth-order valence-electron chi connectivity index (χ4n) is 2.86. The Morgan fingerprint density at radius 3 is 2.52 bits per heavy atom. The molecular weight excluding hydrogens is 356 g/mol. The molecule has 1 amide bonds. The van der Waals surface area contributed by atoms with Gasteiger partial charge >= 0.3 is 0 Å². The first-order valence-electron chi connectivity index (χ1n) is 7.05. The Kier molecular flexibility index (Phi) is 5.30. The number of benzene rings is 1. The maximum atomic E-state index is 12.5. The summed E-state index contributed by atoms with van der Waals surface area (Å²) in [5.41, 5.74) is 0.751. The van der Waals surface area contributed by atoms with E-state index in [2.05, 4.69) is 26.6 Å². The lowest BCUT2D eigenvalue weighted by molar-refractivity contribution is -0.123. The first kappa shape index (κ1) is 16.7. The Bertz CT molecular complexity index is 505. The van der Waals surface area contributed by atoms with Gasteiger partial charge in [-0.05, 0) is 30.5 Å². The van der Waals surface area contributed by atoms with Gasteiger partial charge in [-0.1, -0.05) is 28.1 Å². The molecule has 0 bridgehead atoms. The van der Waals surface area contributed by atoms with Crippen molar-refractivity contribution < 1.29 is 9.90 Å². The van der Waals surface area contributed by atoms with E-state index in [-0.39, 0.29) is 35.8 Å².